The Morgan fingerprint density at radius 1 is 1.25 bits per heavy atom. The molecule has 1 unspecified atom stereocenters. The van der Waals surface area contributed by atoms with Gasteiger partial charge in [0.25, 0.3) is 5.91 Å². The average Bonchev–Trinajstić information content (AvgIpc) is 3.03. The number of nitrogens with zero attached hydrogens (tertiary/aromatic N) is 2. The summed E-state index contributed by atoms with van der Waals surface area (Å²) in [6.07, 6.45) is 2.61. The molecule has 5 heteroatoms. The van der Waals surface area contributed by atoms with E-state index in [9.17, 15) is 9.59 Å². The summed E-state index contributed by atoms with van der Waals surface area (Å²) in [6, 6.07) is 11.4. The second kappa shape index (κ2) is 6.83. The molecule has 0 bridgehead atoms. The minimum absolute atomic E-state index is 0.0295. The van der Waals surface area contributed by atoms with Crippen LogP contribution in [0.1, 0.15) is 28.8 Å². The fourth-order valence-electron chi connectivity index (χ4n) is 3.27. The van der Waals surface area contributed by atoms with Crippen molar-refractivity contribution in [3.05, 3.63) is 53.7 Å². The molecule has 1 aliphatic rings. The number of carboxylic acids is 1. The van der Waals surface area contributed by atoms with Crippen molar-refractivity contribution in [3.63, 3.8) is 0 Å². The lowest BCUT2D eigenvalue weighted by atomic mass is 9.98. The molecule has 1 amide bonds. The zero-order chi connectivity index (χ0) is 17.1. The zero-order valence-corrected chi connectivity index (χ0v) is 13.6. The first-order valence-electron chi connectivity index (χ1n) is 8.08. The minimum Gasteiger partial charge on any atom is -0.481 e. The third kappa shape index (κ3) is 3.30. The first-order chi connectivity index (χ1) is 11.6. The van der Waals surface area contributed by atoms with Gasteiger partial charge in [-0.25, -0.2) is 0 Å². The molecule has 0 aliphatic carbocycles. The van der Waals surface area contributed by atoms with Crippen LogP contribution in [0.2, 0.25) is 0 Å². The number of rotatable bonds is 4. The lowest BCUT2D eigenvalue weighted by Crippen LogP contribution is -2.29. The van der Waals surface area contributed by atoms with Crippen LogP contribution in [0.3, 0.4) is 0 Å². The summed E-state index contributed by atoms with van der Waals surface area (Å²) in [6.45, 7) is 3.06. The van der Waals surface area contributed by atoms with Crippen LogP contribution in [0, 0.1) is 12.8 Å². The van der Waals surface area contributed by atoms with E-state index < -0.39 is 5.97 Å². The summed E-state index contributed by atoms with van der Waals surface area (Å²) < 4.78 is 0. The topological polar surface area (TPSA) is 70.5 Å². The molecule has 1 aromatic carbocycles. The van der Waals surface area contributed by atoms with Crippen molar-refractivity contribution in [1.82, 2.24) is 9.88 Å². The van der Waals surface area contributed by atoms with Crippen LogP contribution < -0.4 is 0 Å². The van der Waals surface area contributed by atoms with Crippen molar-refractivity contribution in [1.29, 1.82) is 0 Å². The van der Waals surface area contributed by atoms with Gasteiger partial charge in [0, 0.05) is 36.8 Å². The molecular formula is C19H20N2O3. The van der Waals surface area contributed by atoms with Crippen molar-refractivity contribution in [3.8, 4) is 11.3 Å². The van der Waals surface area contributed by atoms with Crippen molar-refractivity contribution >= 4 is 11.9 Å². The second-order valence-electron chi connectivity index (χ2n) is 6.20. The summed E-state index contributed by atoms with van der Waals surface area (Å²) in [4.78, 5) is 29.8. The highest BCUT2D eigenvalue weighted by Crippen LogP contribution is 2.27. The fraction of sp³-hybridized carbons (Fsp3) is 0.316. The summed E-state index contributed by atoms with van der Waals surface area (Å²) >= 11 is 0. The van der Waals surface area contributed by atoms with Gasteiger partial charge in [-0.05, 0) is 43.0 Å². The van der Waals surface area contributed by atoms with Gasteiger partial charge in [-0.3, -0.25) is 14.6 Å². The van der Waals surface area contributed by atoms with Gasteiger partial charge in [0.15, 0.2) is 0 Å². The smallest absolute Gasteiger partial charge is 0.303 e. The summed E-state index contributed by atoms with van der Waals surface area (Å²) in [5.41, 5.74) is 3.36. The quantitative estimate of drug-likeness (QED) is 0.938. The molecule has 1 fully saturated rings. The maximum absolute atomic E-state index is 12.8. The largest absolute Gasteiger partial charge is 0.481 e. The number of hydrogen-bond donors (Lipinski definition) is 1. The molecule has 2 aromatic rings. The third-order valence-electron chi connectivity index (χ3n) is 4.54. The van der Waals surface area contributed by atoms with Crippen LogP contribution in [-0.4, -0.2) is 40.0 Å². The highest BCUT2D eigenvalue weighted by molar-refractivity contribution is 5.97. The van der Waals surface area contributed by atoms with Gasteiger partial charge in [0.1, 0.15) is 0 Å². The Morgan fingerprint density at radius 3 is 2.79 bits per heavy atom. The first-order valence-corrected chi connectivity index (χ1v) is 8.08. The Bertz CT molecular complexity index is 758. The summed E-state index contributed by atoms with van der Waals surface area (Å²) in [5.74, 6) is -0.786. The van der Waals surface area contributed by atoms with E-state index in [1.54, 1.807) is 11.1 Å². The fourth-order valence-corrected chi connectivity index (χ4v) is 3.27. The molecule has 124 valence electrons. The standard InChI is InChI=1S/C19H20N2O3/c1-13-15(17-7-2-3-9-20-17)5-4-6-16(13)19(24)21-10-8-14(12-21)11-18(22)23/h2-7,9,14H,8,10-12H2,1H3,(H,22,23). The maximum Gasteiger partial charge on any atom is 0.303 e. The normalized spacial score (nSPS) is 17.0. The molecule has 0 spiro atoms. The van der Waals surface area contributed by atoms with Gasteiger partial charge in [-0.2, -0.15) is 0 Å². The van der Waals surface area contributed by atoms with Gasteiger partial charge in [-0.15, -0.1) is 0 Å². The second-order valence-corrected chi connectivity index (χ2v) is 6.20. The summed E-state index contributed by atoms with van der Waals surface area (Å²) in [7, 11) is 0. The van der Waals surface area contributed by atoms with E-state index in [-0.39, 0.29) is 18.2 Å². The van der Waals surface area contributed by atoms with Gasteiger partial charge in [-0.1, -0.05) is 18.2 Å². The van der Waals surface area contributed by atoms with E-state index in [1.807, 2.05) is 43.3 Å². The van der Waals surface area contributed by atoms with E-state index in [1.165, 1.54) is 0 Å². The zero-order valence-electron chi connectivity index (χ0n) is 13.6. The third-order valence-corrected chi connectivity index (χ3v) is 4.54. The molecule has 1 atom stereocenters. The number of pyridine rings is 1. The van der Waals surface area contributed by atoms with Gasteiger partial charge in [0.2, 0.25) is 0 Å². The highest BCUT2D eigenvalue weighted by Gasteiger charge is 2.29. The number of likely N-dealkylation sites (tertiary alicyclic amines) is 1. The van der Waals surface area contributed by atoms with E-state index in [4.69, 9.17) is 5.11 Å². The lowest BCUT2D eigenvalue weighted by Gasteiger charge is -2.19. The molecule has 1 saturated heterocycles. The van der Waals surface area contributed by atoms with Crippen LogP contribution >= 0.6 is 0 Å². The Balaban J connectivity index is 1.83. The van der Waals surface area contributed by atoms with Gasteiger partial charge < -0.3 is 10.0 Å². The van der Waals surface area contributed by atoms with E-state index in [0.717, 1.165) is 23.2 Å². The molecule has 3 rings (SSSR count). The molecule has 0 saturated carbocycles. The van der Waals surface area contributed by atoms with E-state index in [2.05, 4.69) is 4.98 Å². The molecule has 24 heavy (non-hydrogen) atoms. The predicted octanol–water partition coefficient (Wildman–Crippen LogP) is 2.99. The van der Waals surface area contributed by atoms with Crippen molar-refractivity contribution in [2.45, 2.75) is 19.8 Å². The molecule has 1 aromatic heterocycles. The SMILES string of the molecule is Cc1c(C(=O)N2CCC(CC(=O)O)C2)cccc1-c1ccccn1. The lowest BCUT2D eigenvalue weighted by molar-refractivity contribution is -0.138. The van der Waals surface area contributed by atoms with Crippen LogP contribution in [0.5, 0.6) is 0 Å². The van der Waals surface area contributed by atoms with Crippen LogP contribution in [0.4, 0.5) is 0 Å². The Labute approximate surface area is 140 Å². The number of benzene rings is 1. The van der Waals surface area contributed by atoms with Crippen molar-refractivity contribution < 1.29 is 14.7 Å². The predicted molar refractivity (Wildman–Crippen MR) is 90.7 cm³/mol. The average molecular weight is 324 g/mol. The number of aromatic nitrogens is 1. The van der Waals surface area contributed by atoms with Gasteiger partial charge in [0.05, 0.1) is 5.69 Å². The first kappa shape index (κ1) is 16.2. The maximum atomic E-state index is 12.8. The van der Waals surface area contributed by atoms with E-state index >= 15 is 0 Å². The number of carboxylic acid groups (broad SMARTS) is 1. The van der Waals surface area contributed by atoms with Gasteiger partial charge >= 0.3 is 5.97 Å². The Morgan fingerprint density at radius 2 is 2.08 bits per heavy atom. The van der Waals surface area contributed by atoms with Crippen molar-refractivity contribution in [2.75, 3.05) is 13.1 Å². The summed E-state index contributed by atoms with van der Waals surface area (Å²) in [5, 5.41) is 8.91. The van der Waals surface area contributed by atoms with E-state index in [0.29, 0.717) is 18.7 Å². The van der Waals surface area contributed by atoms with Crippen molar-refractivity contribution in [2.24, 2.45) is 5.92 Å². The Hall–Kier alpha value is -2.69. The van der Waals surface area contributed by atoms with Crippen LogP contribution in [0.25, 0.3) is 11.3 Å². The molecule has 5 nitrogen and oxygen atoms in total. The minimum atomic E-state index is -0.803. The Kier molecular flexibility index (Phi) is 4.60. The number of amides is 1. The number of aliphatic carboxylic acids is 1. The molecule has 0 radical (unpaired) electrons. The molecular weight excluding hydrogens is 304 g/mol. The number of hydrogen-bond acceptors (Lipinski definition) is 3. The van der Waals surface area contributed by atoms with Crippen LogP contribution in [-0.2, 0) is 4.79 Å². The molecule has 2 heterocycles. The monoisotopic (exact) mass is 324 g/mol. The number of carbonyl (C=O) groups excluding carboxylic acids is 1. The molecule has 1 aliphatic heterocycles. The highest BCUT2D eigenvalue weighted by atomic mass is 16.4. The van der Waals surface area contributed by atoms with Crippen LogP contribution in [0.15, 0.2) is 42.6 Å². The molecule has 1 N–H and O–H groups in total. The number of carbonyl (C=O) groups is 2.